The van der Waals surface area contributed by atoms with Crippen LogP contribution >= 0.6 is 0 Å². The fourth-order valence-corrected chi connectivity index (χ4v) is 2.72. The molecule has 30 heavy (non-hydrogen) atoms. The highest BCUT2D eigenvalue weighted by atomic mass is 16.6. The van der Waals surface area contributed by atoms with Gasteiger partial charge in [0.2, 0.25) is 0 Å². The summed E-state index contributed by atoms with van der Waals surface area (Å²) in [4.78, 5) is 35.0. The van der Waals surface area contributed by atoms with E-state index in [1.165, 1.54) is 13.2 Å². The minimum absolute atomic E-state index is 0.0716. The van der Waals surface area contributed by atoms with Crippen LogP contribution in [0.2, 0.25) is 0 Å². The number of amides is 1. The minimum atomic E-state index is -1.01. The summed E-state index contributed by atoms with van der Waals surface area (Å²) in [6.45, 7) is 3.73. The first kappa shape index (κ1) is 22.7. The van der Waals surface area contributed by atoms with Gasteiger partial charge in [0, 0.05) is 12.6 Å². The molecule has 9 heteroatoms. The summed E-state index contributed by atoms with van der Waals surface area (Å²) < 4.78 is 15.4. The van der Waals surface area contributed by atoms with E-state index in [9.17, 15) is 19.7 Å². The summed E-state index contributed by atoms with van der Waals surface area (Å²) >= 11 is 0. The summed E-state index contributed by atoms with van der Waals surface area (Å²) in [5.74, 6) is -1.16. The maximum Gasteiger partial charge on any atom is 0.345 e. The number of nitro benzene ring substituents is 1. The number of esters is 1. The van der Waals surface area contributed by atoms with Gasteiger partial charge in [-0.25, -0.2) is 4.79 Å². The second-order valence-corrected chi connectivity index (χ2v) is 6.40. The normalized spacial score (nSPS) is 11.3. The first-order valence-corrected chi connectivity index (χ1v) is 9.35. The van der Waals surface area contributed by atoms with Gasteiger partial charge in [-0.3, -0.25) is 14.9 Å². The van der Waals surface area contributed by atoms with Crippen molar-refractivity contribution < 1.29 is 28.7 Å². The lowest BCUT2D eigenvalue weighted by molar-refractivity contribution is -0.385. The standard InChI is InChI=1S/C21H24N2O7/c1-4-29-19-11-17(23(26)27)16(10-18(19)28-3)21(25)30-13-20(24)22-12-14(2)15-8-6-5-7-9-15/h5-11,14H,4,12-13H2,1-3H3,(H,22,24)/t14-/m0/s1. The molecular weight excluding hydrogens is 392 g/mol. The smallest absolute Gasteiger partial charge is 0.345 e. The van der Waals surface area contributed by atoms with E-state index in [1.54, 1.807) is 6.92 Å². The fraction of sp³-hybridized carbons (Fsp3) is 0.333. The highest BCUT2D eigenvalue weighted by Gasteiger charge is 2.26. The minimum Gasteiger partial charge on any atom is -0.493 e. The molecule has 0 aliphatic heterocycles. The van der Waals surface area contributed by atoms with Gasteiger partial charge in [0.1, 0.15) is 5.56 Å². The number of hydrogen-bond donors (Lipinski definition) is 1. The molecule has 0 radical (unpaired) electrons. The third-order valence-electron chi connectivity index (χ3n) is 4.31. The summed E-state index contributed by atoms with van der Waals surface area (Å²) in [5.41, 5.74) is 0.236. The van der Waals surface area contributed by atoms with E-state index in [0.717, 1.165) is 11.6 Å². The van der Waals surface area contributed by atoms with Crippen molar-refractivity contribution in [3.05, 3.63) is 63.7 Å². The number of nitrogens with zero attached hydrogens (tertiary/aromatic N) is 1. The van der Waals surface area contributed by atoms with E-state index >= 15 is 0 Å². The third-order valence-corrected chi connectivity index (χ3v) is 4.31. The molecule has 0 unspecified atom stereocenters. The zero-order valence-corrected chi connectivity index (χ0v) is 17.0. The van der Waals surface area contributed by atoms with Crippen molar-refractivity contribution in [1.29, 1.82) is 0 Å². The lowest BCUT2D eigenvalue weighted by Crippen LogP contribution is -2.31. The topological polar surface area (TPSA) is 117 Å². The molecule has 9 nitrogen and oxygen atoms in total. The summed E-state index contributed by atoms with van der Waals surface area (Å²) in [5, 5.41) is 14.0. The van der Waals surface area contributed by atoms with E-state index < -0.39 is 29.1 Å². The Kier molecular flexibility index (Phi) is 8.16. The molecule has 0 aromatic heterocycles. The van der Waals surface area contributed by atoms with E-state index in [4.69, 9.17) is 14.2 Å². The van der Waals surface area contributed by atoms with Gasteiger partial charge in [-0.2, -0.15) is 0 Å². The van der Waals surface area contributed by atoms with Crippen LogP contribution in [0.4, 0.5) is 5.69 Å². The van der Waals surface area contributed by atoms with Crippen molar-refractivity contribution in [2.75, 3.05) is 26.9 Å². The Labute approximate surface area is 174 Å². The second-order valence-electron chi connectivity index (χ2n) is 6.40. The Morgan fingerprint density at radius 3 is 2.47 bits per heavy atom. The van der Waals surface area contributed by atoms with Gasteiger partial charge in [0.05, 0.1) is 24.7 Å². The molecule has 2 rings (SSSR count). The maximum absolute atomic E-state index is 12.4. The molecule has 160 valence electrons. The highest BCUT2D eigenvalue weighted by Crippen LogP contribution is 2.35. The summed E-state index contributed by atoms with van der Waals surface area (Å²) in [6, 6.07) is 11.9. The van der Waals surface area contributed by atoms with Crippen LogP contribution in [-0.4, -0.2) is 43.7 Å². The van der Waals surface area contributed by atoms with E-state index in [2.05, 4.69) is 5.32 Å². The molecule has 1 amide bonds. The number of nitro groups is 1. The van der Waals surface area contributed by atoms with Gasteiger partial charge in [0.25, 0.3) is 11.6 Å². The number of methoxy groups -OCH3 is 1. The average Bonchev–Trinajstić information content (AvgIpc) is 2.76. The first-order chi connectivity index (χ1) is 14.4. The molecule has 0 saturated carbocycles. The lowest BCUT2D eigenvalue weighted by atomic mass is 10.0. The Bertz CT molecular complexity index is 900. The van der Waals surface area contributed by atoms with E-state index in [1.807, 2.05) is 37.3 Å². The van der Waals surface area contributed by atoms with Crippen molar-refractivity contribution in [3.63, 3.8) is 0 Å². The Morgan fingerprint density at radius 2 is 1.87 bits per heavy atom. The average molecular weight is 416 g/mol. The maximum atomic E-state index is 12.4. The van der Waals surface area contributed by atoms with Gasteiger partial charge in [0.15, 0.2) is 18.1 Å². The molecule has 0 spiro atoms. The monoisotopic (exact) mass is 416 g/mol. The fourth-order valence-electron chi connectivity index (χ4n) is 2.72. The predicted molar refractivity (Wildman–Crippen MR) is 109 cm³/mol. The number of benzene rings is 2. The molecule has 1 atom stereocenters. The van der Waals surface area contributed by atoms with E-state index in [-0.39, 0.29) is 29.6 Å². The molecule has 1 N–H and O–H groups in total. The Balaban J connectivity index is 2.01. The van der Waals surface area contributed by atoms with Crippen molar-refractivity contribution in [2.24, 2.45) is 0 Å². The van der Waals surface area contributed by atoms with Crippen LogP contribution in [0, 0.1) is 10.1 Å². The molecule has 2 aromatic rings. The third kappa shape index (κ3) is 5.94. The Hall–Kier alpha value is -3.62. The predicted octanol–water partition coefficient (Wildman–Crippen LogP) is 3.08. The van der Waals surface area contributed by atoms with Crippen LogP contribution in [0.25, 0.3) is 0 Å². The Morgan fingerprint density at radius 1 is 1.17 bits per heavy atom. The van der Waals surface area contributed by atoms with Crippen molar-refractivity contribution in [2.45, 2.75) is 19.8 Å². The van der Waals surface area contributed by atoms with Crippen molar-refractivity contribution in [1.82, 2.24) is 5.32 Å². The first-order valence-electron chi connectivity index (χ1n) is 9.35. The zero-order chi connectivity index (χ0) is 22.1. The van der Waals surface area contributed by atoms with Crippen molar-refractivity contribution >= 4 is 17.6 Å². The molecule has 0 aliphatic carbocycles. The molecule has 0 heterocycles. The summed E-state index contributed by atoms with van der Waals surface area (Å²) in [6.07, 6.45) is 0. The second kappa shape index (κ2) is 10.8. The van der Waals surface area contributed by atoms with Crippen LogP contribution in [0.15, 0.2) is 42.5 Å². The van der Waals surface area contributed by atoms with Gasteiger partial charge in [-0.1, -0.05) is 37.3 Å². The quantitative estimate of drug-likeness (QED) is 0.359. The number of carbonyl (C=O) groups is 2. The van der Waals surface area contributed by atoms with Crippen LogP contribution in [0.5, 0.6) is 11.5 Å². The van der Waals surface area contributed by atoms with Gasteiger partial charge >= 0.3 is 5.97 Å². The zero-order valence-electron chi connectivity index (χ0n) is 17.0. The molecule has 2 aromatic carbocycles. The van der Waals surface area contributed by atoms with Crippen LogP contribution in [-0.2, 0) is 9.53 Å². The largest absolute Gasteiger partial charge is 0.493 e. The van der Waals surface area contributed by atoms with Gasteiger partial charge in [-0.05, 0) is 18.4 Å². The van der Waals surface area contributed by atoms with E-state index in [0.29, 0.717) is 6.54 Å². The number of ether oxygens (including phenoxy) is 3. The number of carbonyl (C=O) groups excluding carboxylic acids is 2. The molecule has 0 bridgehead atoms. The molecular formula is C21H24N2O7. The lowest BCUT2D eigenvalue weighted by Gasteiger charge is -2.13. The van der Waals surface area contributed by atoms with Crippen LogP contribution < -0.4 is 14.8 Å². The van der Waals surface area contributed by atoms with Gasteiger partial charge in [-0.15, -0.1) is 0 Å². The molecule has 0 aliphatic rings. The van der Waals surface area contributed by atoms with Gasteiger partial charge < -0.3 is 19.5 Å². The van der Waals surface area contributed by atoms with Crippen LogP contribution in [0.3, 0.4) is 0 Å². The number of hydrogen-bond acceptors (Lipinski definition) is 7. The number of nitrogens with one attached hydrogen (secondary N) is 1. The molecule has 0 saturated heterocycles. The number of rotatable bonds is 10. The summed E-state index contributed by atoms with van der Waals surface area (Å²) in [7, 11) is 1.35. The van der Waals surface area contributed by atoms with Crippen molar-refractivity contribution in [3.8, 4) is 11.5 Å². The van der Waals surface area contributed by atoms with Crippen LogP contribution in [0.1, 0.15) is 35.7 Å². The molecule has 0 fully saturated rings. The highest BCUT2D eigenvalue weighted by molar-refractivity contribution is 5.96. The SMILES string of the molecule is CCOc1cc([N+](=O)[O-])c(C(=O)OCC(=O)NC[C@H](C)c2ccccc2)cc1OC.